The molecule has 13 heavy (non-hydrogen) atoms. The molecule has 0 bridgehead atoms. The second-order valence-corrected chi connectivity index (χ2v) is 4.31. The highest BCUT2D eigenvalue weighted by Gasteiger charge is 2.18. The van der Waals surface area contributed by atoms with Crippen LogP contribution in [0.25, 0.3) is 0 Å². The van der Waals surface area contributed by atoms with Gasteiger partial charge in [-0.2, -0.15) is 0 Å². The van der Waals surface area contributed by atoms with Crippen LogP contribution in [0.5, 0.6) is 0 Å². The fourth-order valence-electron chi connectivity index (χ4n) is 0.911. The molecule has 0 saturated heterocycles. The van der Waals surface area contributed by atoms with Gasteiger partial charge in [0.05, 0.1) is 0 Å². The lowest BCUT2D eigenvalue weighted by Gasteiger charge is -2.08. The second-order valence-electron chi connectivity index (χ2n) is 2.46. The summed E-state index contributed by atoms with van der Waals surface area (Å²) >= 11 is 4.86. The van der Waals surface area contributed by atoms with Gasteiger partial charge in [0, 0.05) is 22.9 Å². The van der Waals surface area contributed by atoms with Crippen LogP contribution in [0.4, 0.5) is 0 Å². The molecular formula is C8H9BrO3S. The lowest BCUT2D eigenvalue weighted by molar-refractivity contribution is -0.148. The molecule has 1 heterocycles. The van der Waals surface area contributed by atoms with E-state index >= 15 is 0 Å². The van der Waals surface area contributed by atoms with Gasteiger partial charge in [0.15, 0.2) is 6.10 Å². The van der Waals surface area contributed by atoms with Crippen LogP contribution in [0.2, 0.25) is 0 Å². The lowest BCUT2D eigenvalue weighted by Crippen LogP contribution is -2.24. The molecule has 0 aliphatic carbocycles. The van der Waals surface area contributed by atoms with Crippen LogP contribution in [0.15, 0.2) is 15.9 Å². The minimum absolute atomic E-state index is 0.407. The van der Waals surface area contributed by atoms with Crippen molar-refractivity contribution in [1.82, 2.24) is 0 Å². The Balaban J connectivity index is 2.67. The van der Waals surface area contributed by atoms with Gasteiger partial charge in [-0.05, 0) is 27.4 Å². The van der Waals surface area contributed by atoms with E-state index < -0.39 is 12.1 Å². The molecule has 1 rings (SSSR count). The number of ether oxygens (including phenoxy) is 1. The molecule has 1 aromatic heterocycles. The van der Waals surface area contributed by atoms with Crippen LogP contribution in [-0.4, -0.2) is 24.3 Å². The predicted octanol–water partition coefficient (Wildman–Crippen LogP) is 2.15. The molecule has 1 N–H and O–H groups in total. The van der Waals surface area contributed by atoms with Gasteiger partial charge in [-0.3, -0.25) is 0 Å². The Bertz CT molecular complexity index is 297. The molecule has 0 amide bonds. The van der Waals surface area contributed by atoms with Gasteiger partial charge >= 0.3 is 5.97 Å². The Kier molecular flexibility index (Phi) is 3.90. The van der Waals surface area contributed by atoms with E-state index in [-0.39, 0.29) is 0 Å². The zero-order chi connectivity index (χ0) is 9.84. The number of hydrogen-bond donors (Lipinski definition) is 1. The summed E-state index contributed by atoms with van der Waals surface area (Å²) in [6.45, 7) is 0. The standard InChI is InChI=1S/C8H9BrO3S/c1-12-6(8(10)11)4-7-5(9)2-3-13-7/h2-3,6H,4H2,1H3,(H,10,11). The summed E-state index contributed by atoms with van der Waals surface area (Å²) in [4.78, 5) is 11.6. The van der Waals surface area contributed by atoms with Crippen LogP contribution in [0.1, 0.15) is 4.88 Å². The van der Waals surface area contributed by atoms with E-state index in [1.165, 1.54) is 18.4 Å². The summed E-state index contributed by atoms with van der Waals surface area (Å²) in [5.41, 5.74) is 0. The third-order valence-electron chi connectivity index (χ3n) is 1.62. The lowest BCUT2D eigenvalue weighted by atomic mass is 10.2. The van der Waals surface area contributed by atoms with Crippen LogP contribution < -0.4 is 0 Å². The van der Waals surface area contributed by atoms with E-state index in [4.69, 9.17) is 9.84 Å². The first-order valence-electron chi connectivity index (χ1n) is 3.62. The highest BCUT2D eigenvalue weighted by molar-refractivity contribution is 9.10. The molecule has 3 nitrogen and oxygen atoms in total. The van der Waals surface area contributed by atoms with Crippen molar-refractivity contribution in [3.05, 3.63) is 20.8 Å². The van der Waals surface area contributed by atoms with Crippen LogP contribution in [0, 0.1) is 0 Å². The fraction of sp³-hybridized carbons (Fsp3) is 0.375. The average molecular weight is 265 g/mol. The van der Waals surface area contributed by atoms with Crippen molar-refractivity contribution in [2.75, 3.05) is 7.11 Å². The molecular weight excluding hydrogens is 256 g/mol. The number of carbonyl (C=O) groups is 1. The van der Waals surface area contributed by atoms with Crippen molar-refractivity contribution in [2.45, 2.75) is 12.5 Å². The Morgan fingerprint density at radius 1 is 1.85 bits per heavy atom. The fourth-order valence-corrected chi connectivity index (χ4v) is 2.46. The van der Waals surface area contributed by atoms with Crippen LogP contribution in [0.3, 0.4) is 0 Å². The summed E-state index contributed by atoms with van der Waals surface area (Å²) in [6.07, 6.45) is -0.348. The van der Waals surface area contributed by atoms with E-state index in [1.54, 1.807) is 0 Å². The molecule has 0 saturated carbocycles. The molecule has 0 aliphatic rings. The Morgan fingerprint density at radius 3 is 2.92 bits per heavy atom. The van der Waals surface area contributed by atoms with Crippen LogP contribution >= 0.6 is 27.3 Å². The molecule has 5 heteroatoms. The van der Waals surface area contributed by atoms with E-state index in [2.05, 4.69) is 15.9 Å². The molecule has 0 radical (unpaired) electrons. The molecule has 1 atom stereocenters. The number of halogens is 1. The van der Waals surface area contributed by atoms with Crippen molar-refractivity contribution in [2.24, 2.45) is 0 Å². The first-order chi connectivity index (χ1) is 6.15. The molecule has 0 spiro atoms. The summed E-state index contributed by atoms with van der Waals surface area (Å²) in [5, 5.41) is 10.6. The highest BCUT2D eigenvalue weighted by atomic mass is 79.9. The minimum Gasteiger partial charge on any atom is -0.479 e. The van der Waals surface area contributed by atoms with Crippen molar-refractivity contribution in [3.8, 4) is 0 Å². The number of thiophene rings is 1. The van der Waals surface area contributed by atoms with Crippen molar-refractivity contribution >= 4 is 33.2 Å². The third-order valence-corrected chi connectivity index (χ3v) is 3.57. The third kappa shape index (κ3) is 2.79. The Labute approximate surface area is 88.5 Å². The number of rotatable bonds is 4. The maximum atomic E-state index is 10.6. The van der Waals surface area contributed by atoms with Crippen molar-refractivity contribution < 1.29 is 14.6 Å². The maximum absolute atomic E-state index is 10.6. The first-order valence-corrected chi connectivity index (χ1v) is 5.30. The largest absolute Gasteiger partial charge is 0.479 e. The van der Waals surface area contributed by atoms with E-state index in [0.717, 1.165) is 9.35 Å². The average Bonchev–Trinajstić information content (AvgIpc) is 2.46. The molecule has 0 fully saturated rings. The maximum Gasteiger partial charge on any atom is 0.333 e. The number of aliphatic carboxylic acids is 1. The summed E-state index contributed by atoms with van der Waals surface area (Å²) in [5.74, 6) is -0.928. The normalized spacial score (nSPS) is 12.8. The smallest absolute Gasteiger partial charge is 0.333 e. The topological polar surface area (TPSA) is 46.5 Å². The quantitative estimate of drug-likeness (QED) is 0.907. The van der Waals surface area contributed by atoms with E-state index in [9.17, 15) is 4.79 Å². The molecule has 0 aromatic carbocycles. The number of carboxylic acid groups (broad SMARTS) is 1. The van der Waals surface area contributed by atoms with Gasteiger partial charge in [-0.25, -0.2) is 4.79 Å². The minimum atomic E-state index is -0.928. The van der Waals surface area contributed by atoms with Gasteiger partial charge in [0.1, 0.15) is 0 Å². The van der Waals surface area contributed by atoms with Crippen molar-refractivity contribution in [3.63, 3.8) is 0 Å². The molecule has 1 unspecified atom stereocenters. The van der Waals surface area contributed by atoms with Crippen molar-refractivity contribution in [1.29, 1.82) is 0 Å². The summed E-state index contributed by atoms with van der Waals surface area (Å²) < 4.78 is 5.77. The molecule has 1 aromatic rings. The second kappa shape index (κ2) is 4.74. The number of methoxy groups -OCH3 is 1. The Morgan fingerprint density at radius 2 is 2.54 bits per heavy atom. The van der Waals surface area contributed by atoms with E-state index in [0.29, 0.717) is 6.42 Å². The highest BCUT2D eigenvalue weighted by Crippen LogP contribution is 2.24. The van der Waals surface area contributed by atoms with Crippen LogP contribution in [-0.2, 0) is 16.0 Å². The zero-order valence-corrected chi connectivity index (χ0v) is 9.39. The first kappa shape index (κ1) is 10.7. The monoisotopic (exact) mass is 264 g/mol. The van der Waals surface area contributed by atoms with Gasteiger partial charge in [-0.15, -0.1) is 11.3 Å². The zero-order valence-electron chi connectivity index (χ0n) is 6.99. The van der Waals surface area contributed by atoms with Gasteiger partial charge < -0.3 is 9.84 Å². The Hall–Kier alpha value is -0.390. The summed E-state index contributed by atoms with van der Waals surface area (Å²) in [6, 6.07) is 1.90. The number of hydrogen-bond acceptors (Lipinski definition) is 3. The van der Waals surface area contributed by atoms with Gasteiger partial charge in [0.25, 0.3) is 0 Å². The number of carboxylic acids is 1. The molecule has 0 aliphatic heterocycles. The molecule has 72 valence electrons. The van der Waals surface area contributed by atoms with E-state index in [1.807, 2.05) is 11.4 Å². The SMILES string of the molecule is COC(Cc1sccc1Br)C(=O)O. The van der Waals surface area contributed by atoms with Gasteiger partial charge in [0.2, 0.25) is 0 Å². The predicted molar refractivity (Wildman–Crippen MR) is 54.2 cm³/mol. The summed E-state index contributed by atoms with van der Waals surface area (Å²) in [7, 11) is 1.40. The van der Waals surface area contributed by atoms with Gasteiger partial charge in [-0.1, -0.05) is 0 Å².